The molecule has 19 heavy (non-hydrogen) atoms. The summed E-state index contributed by atoms with van der Waals surface area (Å²) in [5.41, 5.74) is 7.80. The summed E-state index contributed by atoms with van der Waals surface area (Å²) in [4.78, 5) is 17.3. The van der Waals surface area contributed by atoms with Crippen molar-refractivity contribution in [1.82, 2.24) is 4.90 Å². The number of hydrogen-bond acceptors (Lipinski definition) is 3. The summed E-state index contributed by atoms with van der Waals surface area (Å²) in [6, 6.07) is 4.85. The molecule has 1 aliphatic rings. The Balaban J connectivity index is 2.34. The van der Waals surface area contributed by atoms with Crippen LogP contribution in [0.15, 0.2) is 23.2 Å². The number of rotatable bonds is 4. The molecule has 1 aromatic carbocycles. The van der Waals surface area contributed by atoms with E-state index in [9.17, 15) is 4.79 Å². The third kappa shape index (κ3) is 2.72. The molecule has 1 heterocycles. The molecule has 1 aromatic rings. The van der Waals surface area contributed by atoms with Gasteiger partial charge in [-0.05, 0) is 30.2 Å². The van der Waals surface area contributed by atoms with Gasteiger partial charge in [0.15, 0.2) is 0 Å². The van der Waals surface area contributed by atoms with Crippen LogP contribution in [0.3, 0.4) is 0 Å². The maximum Gasteiger partial charge on any atom is 0.346 e. The van der Waals surface area contributed by atoms with E-state index >= 15 is 0 Å². The van der Waals surface area contributed by atoms with Crippen molar-refractivity contribution < 1.29 is 9.53 Å². The zero-order chi connectivity index (χ0) is 14.0. The molecule has 1 unspecified atom stereocenters. The second-order valence-corrected chi connectivity index (χ2v) is 4.85. The maximum atomic E-state index is 11.8. The number of benzene rings is 1. The van der Waals surface area contributed by atoms with E-state index in [0.29, 0.717) is 24.0 Å². The second-order valence-electron chi connectivity index (χ2n) is 4.41. The van der Waals surface area contributed by atoms with Gasteiger partial charge in [0.2, 0.25) is 0 Å². The minimum atomic E-state index is -0.333. The molecule has 0 fully saturated rings. The summed E-state index contributed by atoms with van der Waals surface area (Å²) in [7, 11) is 1.59. The molecular formula is C13H16ClN3O2. The predicted octanol–water partition coefficient (Wildman–Crippen LogP) is 2.13. The number of carbonyl (C=O) groups is 1. The van der Waals surface area contributed by atoms with Crippen molar-refractivity contribution in [3.8, 4) is 0 Å². The lowest BCUT2D eigenvalue weighted by molar-refractivity contribution is 0.150. The molecule has 2 N–H and O–H groups in total. The van der Waals surface area contributed by atoms with Crippen molar-refractivity contribution >= 4 is 23.5 Å². The van der Waals surface area contributed by atoms with Gasteiger partial charge >= 0.3 is 6.03 Å². The number of carbonyl (C=O) groups excluding carboxylic acids is 1. The fraction of sp³-hybridized carbons (Fsp3) is 0.385. The lowest BCUT2D eigenvalue weighted by Gasteiger charge is -2.25. The zero-order valence-corrected chi connectivity index (χ0v) is 11.6. The highest BCUT2D eigenvalue weighted by atomic mass is 35.5. The van der Waals surface area contributed by atoms with Crippen LogP contribution in [0.25, 0.3) is 0 Å². The molecule has 2 amide bonds. The van der Waals surface area contributed by atoms with Gasteiger partial charge in [-0.25, -0.2) is 4.79 Å². The minimum absolute atomic E-state index is 0.312. The van der Waals surface area contributed by atoms with Crippen LogP contribution < -0.4 is 5.73 Å². The van der Waals surface area contributed by atoms with Crippen LogP contribution in [-0.4, -0.2) is 37.0 Å². The number of nitrogens with two attached hydrogens (primary N) is 1. The Kier molecular flexibility index (Phi) is 4.07. The molecule has 1 aliphatic heterocycles. The molecule has 0 saturated heterocycles. The largest absolute Gasteiger partial charge is 0.385 e. The van der Waals surface area contributed by atoms with E-state index in [-0.39, 0.29) is 12.1 Å². The van der Waals surface area contributed by atoms with Crippen LogP contribution in [0, 0.1) is 6.92 Å². The normalized spacial score (nSPS) is 18.9. The van der Waals surface area contributed by atoms with Gasteiger partial charge in [-0.15, -0.1) is 0 Å². The number of halogens is 1. The van der Waals surface area contributed by atoms with Crippen molar-refractivity contribution in [2.24, 2.45) is 10.7 Å². The first-order valence-electron chi connectivity index (χ1n) is 5.94. The van der Waals surface area contributed by atoms with Crippen LogP contribution in [0.4, 0.5) is 4.79 Å². The Morgan fingerprint density at radius 2 is 2.26 bits per heavy atom. The molecule has 1 atom stereocenters. The Morgan fingerprint density at radius 1 is 1.53 bits per heavy atom. The number of amides is 2. The van der Waals surface area contributed by atoms with E-state index in [1.165, 1.54) is 0 Å². The van der Waals surface area contributed by atoms with Crippen molar-refractivity contribution in [3.05, 3.63) is 34.3 Å². The molecule has 2 rings (SSSR count). The Bertz CT molecular complexity index is 531. The molecule has 0 spiro atoms. The first-order chi connectivity index (χ1) is 9.04. The molecule has 102 valence electrons. The smallest absolute Gasteiger partial charge is 0.346 e. The number of nitrogens with zero attached hydrogens (tertiary/aromatic N) is 2. The van der Waals surface area contributed by atoms with E-state index in [1.807, 2.05) is 19.1 Å². The summed E-state index contributed by atoms with van der Waals surface area (Å²) in [5.74, 6) is 0.312. The van der Waals surface area contributed by atoms with Gasteiger partial charge in [-0.1, -0.05) is 17.7 Å². The number of methoxy groups -OCH3 is 1. The summed E-state index contributed by atoms with van der Waals surface area (Å²) < 4.78 is 5.01. The topological polar surface area (TPSA) is 67.9 Å². The quantitative estimate of drug-likeness (QED) is 0.919. The first kappa shape index (κ1) is 13.8. The van der Waals surface area contributed by atoms with Gasteiger partial charge in [-0.3, -0.25) is 0 Å². The van der Waals surface area contributed by atoms with E-state index in [4.69, 9.17) is 22.1 Å². The average molecular weight is 282 g/mol. The van der Waals surface area contributed by atoms with Crippen molar-refractivity contribution in [2.75, 3.05) is 20.3 Å². The molecule has 0 radical (unpaired) electrons. The van der Waals surface area contributed by atoms with Crippen molar-refractivity contribution in [2.45, 2.75) is 13.0 Å². The molecule has 0 bridgehead atoms. The molecule has 5 nitrogen and oxygen atoms in total. The van der Waals surface area contributed by atoms with Gasteiger partial charge in [-0.2, -0.15) is 4.99 Å². The Morgan fingerprint density at radius 3 is 2.89 bits per heavy atom. The van der Waals surface area contributed by atoms with Crippen LogP contribution in [0.2, 0.25) is 5.02 Å². The zero-order valence-electron chi connectivity index (χ0n) is 10.9. The Labute approximate surface area is 117 Å². The van der Waals surface area contributed by atoms with Crippen molar-refractivity contribution in [1.29, 1.82) is 0 Å². The fourth-order valence-electron chi connectivity index (χ4n) is 2.19. The highest BCUT2D eigenvalue weighted by Crippen LogP contribution is 2.30. The standard InChI is InChI=1S/C13H16ClN3O2/c1-8-7-9(14)3-4-10(8)11-12(15)16-13(18)17(11)5-6-19-2/h3-4,7,11H,5-6H2,1-2H3,(H2,15,16,18). The fourth-order valence-corrected chi connectivity index (χ4v) is 2.42. The monoisotopic (exact) mass is 281 g/mol. The third-order valence-corrected chi connectivity index (χ3v) is 3.36. The van der Waals surface area contributed by atoms with E-state index in [1.54, 1.807) is 18.1 Å². The molecular weight excluding hydrogens is 266 g/mol. The summed E-state index contributed by atoms with van der Waals surface area (Å²) in [6.07, 6.45) is 0. The van der Waals surface area contributed by atoms with E-state index < -0.39 is 0 Å². The third-order valence-electron chi connectivity index (χ3n) is 3.13. The number of ether oxygens (including phenoxy) is 1. The van der Waals surface area contributed by atoms with Crippen LogP contribution in [0.5, 0.6) is 0 Å². The van der Waals surface area contributed by atoms with Crippen molar-refractivity contribution in [3.63, 3.8) is 0 Å². The molecule has 0 saturated carbocycles. The lowest BCUT2D eigenvalue weighted by atomic mass is 10.00. The van der Waals surface area contributed by atoms with E-state index in [2.05, 4.69) is 4.99 Å². The Hall–Kier alpha value is -1.59. The number of aryl methyl sites for hydroxylation is 1. The van der Waals surface area contributed by atoms with Crippen LogP contribution in [0.1, 0.15) is 17.2 Å². The predicted molar refractivity (Wildman–Crippen MR) is 74.5 cm³/mol. The average Bonchev–Trinajstić information content (AvgIpc) is 2.62. The van der Waals surface area contributed by atoms with Gasteiger partial charge in [0, 0.05) is 18.7 Å². The number of hydrogen-bond donors (Lipinski definition) is 1. The molecule has 0 aliphatic carbocycles. The molecule has 0 aromatic heterocycles. The highest BCUT2D eigenvalue weighted by molar-refractivity contribution is 6.30. The van der Waals surface area contributed by atoms with Gasteiger partial charge < -0.3 is 15.4 Å². The van der Waals surface area contributed by atoms with E-state index in [0.717, 1.165) is 11.1 Å². The van der Waals surface area contributed by atoms with Gasteiger partial charge in [0.05, 0.1) is 6.61 Å². The molecule has 6 heteroatoms. The van der Waals surface area contributed by atoms with Gasteiger partial charge in [0.1, 0.15) is 11.9 Å². The number of amidine groups is 1. The minimum Gasteiger partial charge on any atom is -0.385 e. The first-order valence-corrected chi connectivity index (χ1v) is 6.32. The second kappa shape index (κ2) is 5.59. The van der Waals surface area contributed by atoms with Gasteiger partial charge in [0.25, 0.3) is 0 Å². The van der Waals surface area contributed by atoms with Crippen LogP contribution >= 0.6 is 11.6 Å². The summed E-state index contributed by atoms with van der Waals surface area (Å²) in [6.45, 7) is 2.83. The maximum absolute atomic E-state index is 11.8. The summed E-state index contributed by atoms with van der Waals surface area (Å²) in [5, 5.41) is 0.657. The summed E-state index contributed by atoms with van der Waals surface area (Å²) >= 11 is 5.95. The number of aliphatic imine (C=N–C) groups is 1. The lowest BCUT2D eigenvalue weighted by Crippen LogP contribution is -2.36. The highest BCUT2D eigenvalue weighted by Gasteiger charge is 2.34. The van der Waals surface area contributed by atoms with Crippen LogP contribution in [-0.2, 0) is 4.74 Å². The number of urea groups is 1. The SMILES string of the molecule is COCCN1C(=O)N=C(N)C1c1ccc(Cl)cc1C.